The third-order valence-corrected chi connectivity index (χ3v) is 5.07. The molecule has 0 atom stereocenters. The summed E-state index contributed by atoms with van der Waals surface area (Å²) in [7, 11) is -3.89. The summed E-state index contributed by atoms with van der Waals surface area (Å²) in [5.41, 5.74) is -0.169. The summed E-state index contributed by atoms with van der Waals surface area (Å²) >= 11 is 0. The van der Waals surface area contributed by atoms with Crippen LogP contribution in [0, 0.1) is 15.9 Å². The van der Waals surface area contributed by atoms with E-state index in [-0.39, 0.29) is 28.6 Å². The molecule has 0 fully saturated rings. The van der Waals surface area contributed by atoms with Gasteiger partial charge in [0.25, 0.3) is 5.69 Å². The Morgan fingerprint density at radius 1 is 1.12 bits per heavy atom. The number of nitro benzene ring substituents is 1. The first-order chi connectivity index (χ1) is 12.0. The summed E-state index contributed by atoms with van der Waals surface area (Å²) in [5, 5.41) is 14.2. The van der Waals surface area contributed by atoms with E-state index in [4.69, 9.17) is 0 Å². The van der Waals surface area contributed by atoms with Crippen LogP contribution in [0.2, 0.25) is 0 Å². The maximum atomic E-state index is 12.9. The normalized spacial score (nSPS) is 12.0. The van der Waals surface area contributed by atoms with Gasteiger partial charge in [-0.05, 0) is 50.6 Å². The number of sulfonamides is 1. The van der Waals surface area contributed by atoms with Crippen LogP contribution in [-0.2, 0) is 16.6 Å². The van der Waals surface area contributed by atoms with Gasteiger partial charge in [-0.3, -0.25) is 10.1 Å². The first-order valence-electron chi connectivity index (χ1n) is 7.79. The van der Waals surface area contributed by atoms with E-state index in [9.17, 15) is 22.9 Å². The number of benzene rings is 2. The van der Waals surface area contributed by atoms with Crippen LogP contribution in [0.25, 0.3) is 0 Å². The molecule has 0 saturated carbocycles. The standard InChI is InChI=1S/C17H20FN3O4S/c1-17(2,3)20-26(24,25)14-8-9-15(16(10-14)21(22)23)19-11-12-4-6-13(18)7-5-12/h4-10,19-20H,11H2,1-3H3. The van der Waals surface area contributed by atoms with Crippen LogP contribution in [0.1, 0.15) is 26.3 Å². The van der Waals surface area contributed by atoms with Gasteiger partial charge in [-0.2, -0.15) is 0 Å². The molecule has 0 unspecified atom stereocenters. The molecule has 0 heterocycles. The number of anilines is 1. The lowest BCUT2D eigenvalue weighted by atomic mass is 10.1. The second kappa shape index (κ2) is 7.38. The lowest BCUT2D eigenvalue weighted by Gasteiger charge is -2.20. The smallest absolute Gasteiger partial charge is 0.293 e. The van der Waals surface area contributed by atoms with Crippen molar-refractivity contribution in [1.29, 1.82) is 0 Å². The molecule has 0 bridgehead atoms. The van der Waals surface area contributed by atoms with E-state index in [0.29, 0.717) is 0 Å². The number of nitrogens with zero attached hydrogens (tertiary/aromatic N) is 1. The quantitative estimate of drug-likeness (QED) is 0.590. The molecule has 26 heavy (non-hydrogen) atoms. The summed E-state index contributed by atoms with van der Waals surface area (Å²) in [6.45, 7) is 5.26. The van der Waals surface area contributed by atoms with Crippen molar-refractivity contribution in [1.82, 2.24) is 4.72 Å². The van der Waals surface area contributed by atoms with E-state index in [1.165, 1.54) is 24.3 Å². The fourth-order valence-electron chi connectivity index (χ4n) is 2.24. The molecular formula is C17H20FN3O4S. The molecule has 0 amide bonds. The van der Waals surface area contributed by atoms with E-state index in [1.54, 1.807) is 32.9 Å². The van der Waals surface area contributed by atoms with Crippen molar-refractivity contribution in [2.45, 2.75) is 37.8 Å². The van der Waals surface area contributed by atoms with E-state index in [2.05, 4.69) is 10.0 Å². The molecule has 9 heteroatoms. The van der Waals surface area contributed by atoms with E-state index < -0.39 is 20.5 Å². The highest BCUT2D eigenvalue weighted by Gasteiger charge is 2.25. The zero-order valence-corrected chi connectivity index (χ0v) is 15.4. The van der Waals surface area contributed by atoms with Gasteiger partial charge < -0.3 is 5.32 Å². The molecule has 0 saturated heterocycles. The van der Waals surface area contributed by atoms with Gasteiger partial charge in [0.1, 0.15) is 11.5 Å². The van der Waals surface area contributed by atoms with Gasteiger partial charge in [-0.1, -0.05) is 12.1 Å². The van der Waals surface area contributed by atoms with Crippen LogP contribution in [0.3, 0.4) is 0 Å². The van der Waals surface area contributed by atoms with Gasteiger partial charge in [0, 0.05) is 18.2 Å². The number of halogens is 1. The highest BCUT2D eigenvalue weighted by Crippen LogP contribution is 2.28. The number of rotatable bonds is 6. The van der Waals surface area contributed by atoms with Crippen molar-refractivity contribution in [2.75, 3.05) is 5.32 Å². The van der Waals surface area contributed by atoms with Crippen LogP contribution in [0.15, 0.2) is 47.4 Å². The van der Waals surface area contributed by atoms with Crippen molar-refractivity contribution < 1.29 is 17.7 Å². The minimum atomic E-state index is -3.89. The van der Waals surface area contributed by atoms with Gasteiger partial charge in [0.05, 0.1) is 9.82 Å². The molecule has 7 nitrogen and oxygen atoms in total. The van der Waals surface area contributed by atoms with Crippen molar-refractivity contribution >= 4 is 21.4 Å². The predicted octanol–water partition coefficient (Wildman–Crippen LogP) is 3.42. The van der Waals surface area contributed by atoms with Crippen LogP contribution >= 0.6 is 0 Å². The Kier molecular flexibility index (Phi) is 5.62. The topological polar surface area (TPSA) is 101 Å². The first kappa shape index (κ1) is 19.8. The zero-order chi connectivity index (χ0) is 19.5. The summed E-state index contributed by atoms with van der Waals surface area (Å²) in [4.78, 5) is 10.5. The maximum Gasteiger partial charge on any atom is 0.293 e. The predicted molar refractivity (Wildman–Crippen MR) is 96.9 cm³/mol. The fourth-order valence-corrected chi connectivity index (χ4v) is 3.68. The highest BCUT2D eigenvalue weighted by molar-refractivity contribution is 7.89. The molecule has 0 aliphatic heterocycles. The summed E-state index contributed by atoms with van der Waals surface area (Å²) in [5.74, 6) is -0.374. The van der Waals surface area contributed by atoms with Gasteiger partial charge in [0.15, 0.2) is 0 Å². The Labute approximate surface area is 151 Å². The second-order valence-electron chi connectivity index (χ2n) is 6.77. The monoisotopic (exact) mass is 381 g/mol. The average Bonchev–Trinajstić information content (AvgIpc) is 2.51. The Bertz CT molecular complexity index is 907. The average molecular weight is 381 g/mol. The van der Waals surface area contributed by atoms with Gasteiger partial charge in [-0.25, -0.2) is 17.5 Å². The van der Waals surface area contributed by atoms with Crippen molar-refractivity contribution in [3.8, 4) is 0 Å². The molecule has 140 valence electrons. The molecule has 2 N–H and O–H groups in total. The van der Waals surface area contributed by atoms with Crippen molar-refractivity contribution in [3.05, 3.63) is 64.0 Å². The number of hydrogen-bond acceptors (Lipinski definition) is 5. The molecule has 0 aliphatic carbocycles. The summed E-state index contributed by atoms with van der Waals surface area (Å²) in [6.07, 6.45) is 0. The maximum absolute atomic E-state index is 12.9. The van der Waals surface area contributed by atoms with Crippen LogP contribution in [-0.4, -0.2) is 18.9 Å². The van der Waals surface area contributed by atoms with E-state index in [0.717, 1.165) is 11.6 Å². The van der Waals surface area contributed by atoms with Gasteiger partial charge in [0.2, 0.25) is 10.0 Å². The molecule has 0 aromatic heterocycles. The molecule has 2 aromatic carbocycles. The largest absolute Gasteiger partial charge is 0.375 e. The number of nitrogens with one attached hydrogen (secondary N) is 2. The molecule has 2 rings (SSSR count). The van der Waals surface area contributed by atoms with Gasteiger partial charge >= 0.3 is 0 Å². The lowest BCUT2D eigenvalue weighted by molar-refractivity contribution is -0.384. The van der Waals surface area contributed by atoms with Crippen molar-refractivity contribution in [2.24, 2.45) is 0 Å². The van der Waals surface area contributed by atoms with E-state index >= 15 is 0 Å². The Morgan fingerprint density at radius 3 is 2.27 bits per heavy atom. The molecule has 0 spiro atoms. The Balaban J connectivity index is 2.28. The van der Waals surface area contributed by atoms with E-state index in [1.807, 2.05) is 0 Å². The van der Waals surface area contributed by atoms with Gasteiger partial charge in [-0.15, -0.1) is 0 Å². The molecule has 0 radical (unpaired) electrons. The third kappa shape index (κ3) is 5.24. The summed E-state index contributed by atoms with van der Waals surface area (Å²) < 4.78 is 40.1. The van der Waals surface area contributed by atoms with Crippen LogP contribution in [0.4, 0.5) is 15.8 Å². The van der Waals surface area contributed by atoms with Crippen LogP contribution < -0.4 is 10.0 Å². The molecule has 2 aromatic rings. The number of nitro groups is 1. The Hall–Kier alpha value is -2.52. The Morgan fingerprint density at radius 2 is 1.73 bits per heavy atom. The first-order valence-corrected chi connectivity index (χ1v) is 9.27. The lowest BCUT2D eigenvalue weighted by Crippen LogP contribution is -2.40. The zero-order valence-electron chi connectivity index (χ0n) is 14.6. The highest BCUT2D eigenvalue weighted by atomic mass is 32.2. The minimum absolute atomic E-state index is 0.175. The van der Waals surface area contributed by atoms with Crippen molar-refractivity contribution in [3.63, 3.8) is 0 Å². The molecule has 0 aliphatic rings. The fraction of sp³-hybridized carbons (Fsp3) is 0.294. The second-order valence-corrected chi connectivity index (χ2v) is 8.45. The summed E-state index contributed by atoms with van der Waals surface area (Å²) in [6, 6.07) is 9.35. The molecular weight excluding hydrogens is 361 g/mol. The third-order valence-electron chi connectivity index (χ3n) is 3.31. The number of hydrogen-bond donors (Lipinski definition) is 2. The SMILES string of the molecule is CC(C)(C)NS(=O)(=O)c1ccc(NCc2ccc(F)cc2)c([N+](=O)[O-])c1. The minimum Gasteiger partial charge on any atom is -0.375 e. The van der Waals surface area contributed by atoms with Crippen LogP contribution in [0.5, 0.6) is 0 Å².